The van der Waals surface area contributed by atoms with Gasteiger partial charge < -0.3 is 19.2 Å². The maximum atomic E-state index is 9.53. The highest BCUT2D eigenvalue weighted by Crippen LogP contribution is 2.35. The molecule has 0 atom stereocenters. The molecule has 0 saturated heterocycles. The Morgan fingerprint density at radius 2 is 2.08 bits per heavy atom. The van der Waals surface area contributed by atoms with Crippen molar-refractivity contribution in [2.75, 3.05) is 13.7 Å². The van der Waals surface area contributed by atoms with Crippen LogP contribution < -0.4 is 9.47 Å². The molecule has 2 heterocycles. The molecule has 2 aromatic rings. The van der Waals surface area contributed by atoms with Gasteiger partial charge in [-0.05, 0) is 48.7 Å². The van der Waals surface area contributed by atoms with Crippen molar-refractivity contribution >= 4 is 12.7 Å². The van der Waals surface area contributed by atoms with E-state index in [0.29, 0.717) is 24.4 Å². The van der Waals surface area contributed by atoms with Crippen molar-refractivity contribution in [1.29, 1.82) is 0 Å². The van der Waals surface area contributed by atoms with Gasteiger partial charge in [-0.3, -0.25) is 4.98 Å². The summed E-state index contributed by atoms with van der Waals surface area (Å²) in [6, 6.07) is 7.91. The highest BCUT2D eigenvalue weighted by Gasteiger charge is 2.24. The van der Waals surface area contributed by atoms with Crippen molar-refractivity contribution in [3.8, 4) is 22.6 Å². The Labute approximate surface area is 142 Å². The van der Waals surface area contributed by atoms with Crippen molar-refractivity contribution in [1.82, 2.24) is 4.98 Å². The van der Waals surface area contributed by atoms with E-state index in [1.807, 2.05) is 32.0 Å². The number of methoxy groups -OCH3 is 1. The molecule has 1 aromatic carbocycles. The first kappa shape index (κ1) is 16.4. The predicted octanol–water partition coefficient (Wildman–Crippen LogP) is 3.32. The van der Waals surface area contributed by atoms with E-state index in [4.69, 9.17) is 14.1 Å². The van der Waals surface area contributed by atoms with E-state index in [2.05, 4.69) is 11.1 Å². The Morgan fingerprint density at radius 1 is 1.25 bits per heavy atom. The van der Waals surface area contributed by atoms with Gasteiger partial charge in [0.1, 0.15) is 0 Å². The van der Waals surface area contributed by atoms with E-state index >= 15 is 0 Å². The van der Waals surface area contributed by atoms with Gasteiger partial charge in [0, 0.05) is 23.8 Å². The smallest absolute Gasteiger partial charge is 0.526 e. The molecule has 6 heteroatoms. The topological polar surface area (TPSA) is 60.8 Å². The van der Waals surface area contributed by atoms with Crippen LogP contribution in [0, 0.1) is 6.92 Å². The number of aryl methyl sites for hydroxylation is 1. The Balaban J connectivity index is 2.01. The van der Waals surface area contributed by atoms with E-state index in [1.54, 1.807) is 19.6 Å². The molecule has 5 nitrogen and oxygen atoms in total. The number of allylic oxidation sites excluding steroid dienone is 1. The van der Waals surface area contributed by atoms with Crippen LogP contribution in [0.15, 0.2) is 36.7 Å². The van der Waals surface area contributed by atoms with Crippen molar-refractivity contribution in [2.45, 2.75) is 20.2 Å². The summed E-state index contributed by atoms with van der Waals surface area (Å²) >= 11 is 0. The molecule has 0 spiro atoms. The molecule has 0 bridgehead atoms. The molecule has 0 radical (unpaired) electrons. The summed E-state index contributed by atoms with van der Waals surface area (Å²) in [7, 11) is 0.860. The lowest BCUT2D eigenvalue weighted by molar-refractivity contribution is 0.311. The summed E-state index contributed by atoms with van der Waals surface area (Å²) < 4.78 is 16.1. The summed E-state index contributed by atoms with van der Waals surface area (Å²) in [5.74, 6) is 1.42. The Morgan fingerprint density at radius 3 is 2.75 bits per heavy atom. The molecular weight excluding hydrogens is 305 g/mol. The SMILES string of the molecule is CCOc1cc(-c2cc(C3=COB(O)C3)cnc2C)ccc1OC. The molecule has 0 saturated carbocycles. The third kappa shape index (κ3) is 3.24. The van der Waals surface area contributed by atoms with E-state index < -0.39 is 7.12 Å². The van der Waals surface area contributed by atoms with Crippen molar-refractivity contribution < 1.29 is 19.2 Å². The van der Waals surface area contributed by atoms with Crippen molar-refractivity contribution in [3.05, 3.63) is 48.0 Å². The Bertz CT molecular complexity index is 776. The van der Waals surface area contributed by atoms with Gasteiger partial charge in [-0.25, -0.2) is 0 Å². The van der Waals surface area contributed by atoms with Gasteiger partial charge in [0.15, 0.2) is 11.5 Å². The fourth-order valence-corrected chi connectivity index (χ4v) is 2.74. The second-order valence-corrected chi connectivity index (χ2v) is 5.59. The molecule has 24 heavy (non-hydrogen) atoms. The minimum absolute atomic E-state index is 0.469. The van der Waals surface area contributed by atoms with Crippen molar-refractivity contribution in [3.63, 3.8) is 0 Å². The molecule has 0 amide bonds. The fourth-order valence-electron chi connectivity index (χ4n) is 2.74. The Kier molecular flexibility index (Phi) is 4.76. The van der Waals surface area contributed by atoms with Crippen LogP contribution in [-0.2, 0) is 4.65 Å². The zero-order valence-corrected chi connectivity index (χ0v) is 14.1. The second-order valence-electron chi connectivity index (χ2n) is 5.59. The van der Waals surface area contributed by atoms with Gasteiger partial charge in [0.05, 0.1) is 20.0 Å². The molecule has 124 valence electrons. The van der Waals surface area contributed by atoms with Crippen LogP contribution in [0.5, 0.6) is 11.5 Å². The molecule has 0 fully saturated rings. The third-order valence-corrected chi connectivity index (χ3v) is 3.99. The maximum Gasteiger partial charge on any atom is 0.526 e. The summed E-state index contributed by atoms with van der Waals surface area (Å²) in [5, 5.41) is 9.53. The minimum Gasteiger partial charge on any atom is -0.542 e. The van der Waals surface area contributed by atoms with Crippen LogP contribution >= 0.6 is 0 Å². The molecule has 0 unspecified atom stereocenters. The number of benzene rings is 1. The minimum atomic E-state index is -0.768. The third-order valence-electron chi connectivity index (χ3n) is 3.99. The van der Waals surface area contributed by atoms with Gasteiger partial charge in [0.25, 0.3) is 0 Å². The van der Waals surface area contributed by atoms with Crippen LogP contribution in [0.2, 0.25) is 6.32 Å². The number of rotatable bonds is 5. The molecule has 1 aliphatic rings. The summed E-state index contributed by atoms with van der Waals surface area (Å²) in [6.07, 6.45) is 3.87. The van der Waals surface area contributed by atoms with Crippen LogP contribution in [0.4, 0.5) is 0 Å². The van der Waals surface area contributed by atoms with E-state index in [-0.39, 0.29) is 0 Å². The highest BCUT2D eigenvalue weighted by molar-refractivity contribution is 6.47. The summed E-state index contributed by atoms with van der Waals surface area (Å²) in [4.78, 5) is 4.49. The van der Waals surface area contributed by atoms with Gasteiger partial charge >= 0.3 is 7.12 Å². The largest absolute Gasteiger partial charge is 0.542 e. The van der Waals surface area contributed by atoms with Crippen LogP contribution in [0.1, 0.15) is 18.2 Å². The predicted molar refractivity (Wildman–Crippen MR) is 94.0 cm³/mol. The quantitative estimate of drug-likeness (QED) is 0.855. The first-order valence-electron chi connectivity index (χ1n) is 7.93. The van der Waals surface area contributed by atoms with Gasteiger partial charge in [-0.1, -0.05) is 6.07 Å². The van der Waals surface area contributed by atoms with E-state index in [0.717, 1.165) is 28.0 Å². The Hall–Kier alpha value is -2.47. The zero-order chi connectivity index (χ0) is 17.1. The lowest BCUT2D eigenvalue weighted by atomic mass is 9.82. The highest BCUT2D eigenvalue weighted by atomic mass is 16.5. The monoisotopic (exact) mass is 325 g/mol. The number of pyridine rings is 1. The standard InChI is InChI=1S/C18H20BNO4/c1-4-23-18-8-13(5-6-17(18)22-3)16-7-14(10-20-12(16)2)15-9-19(21)24-11-15/h5-8,10-11,21H,4,9H2,1-3H3. The molecular formula is C18H20BNO4. The van der Waals surface area contributed by atoms with E-state index in [9.17, 15) is 5.02 Å². The maximum absolute atomic E-state index is 9.53. The average molecular weight is 325 g/mol. The van der Waals surface area contributed by atoms with Crippen LogP contribution in [0.3, 0.4) is 0 Å². The zero-order valence-electron chi connectivity index (χ0n) is 14.1. The van der Waals surface area contributed by atoms with Gasteiger partial charge in [0.2, 0.25) is 0 Å². The number of hydrogen-bond acceptors (Lipinski definition) is 5. The second kappa shape index (κ2) is 6.97. The molecule has 1 aliphatic heterocycles. The number of aromatic nitrogens is 1. The van der Waals surface area contributed by atoms with E-state index in [1.165, 1.54) is 0 Å². The number of hydrogen-bond donors (Lipinski definition) is 1. The lowest BCUT2D eigenvalue weighted by Crippen LogP contribution is -2.08. The average Bonchev–Trinajstić information content (AvgIpc) is 3.02. The van der Waals surface area contributed by atoms with Crippen molar-refractivity contribution in [2.24, 2.45) is 0 Å². The summed E-state index contributed by atoms with van der Waals surface area (Å²) in [6.45, 7) is 4.48. The lowest BCUT2D eigenvalue weighted by Gasteiger charge is -2.13. The van der Waals surface area contributed by atoms with Gasteiger partial charge in [-0.2, -0.15) is 0 Å². The number of nitrogens with zero attached hydrogens (tertiary/aromatic N) is 1. The fraction of sp³-hybridized carbons (Fsp3) is 0.278. The normalized spacial score (nSPS) is 13.5. The molecule has 3 rings (SSSR count). The molecule has 0 aliphatic carbocycles. The molecule has 1 N–H and O–H groups in total. The van der Waals surface area contributed by atoms with Gasteiger partial charge in [-0.15, -0.1) is 0 Å². The van der Waals surface area contributed by atoms with Crippen LogP contribution in [0.25, 0.3) is 16.7 Å². The number of ether oxygens (including phenoxy) is 2. The van der Waals surface area contributed by atoms with Crippen LogP contribution in [-0.4, -0.2) is 30.8 Å². The first-order chi connectivity index (χ1) is 11.6. The molecule has 1 aromatic heterocycles. The first-order valence-corrected chi connectivity index (χ1v) is 7.93. The summed E-state index contributed by atoms with van der Waals surface area (Å²) in [5.41, 5.74) is 4.83.